The summed E-state index contributed by atoms with van der Waals surface area (Å²) < 4.78 is 13.6. The van der Waals surface area contributed by atoms with Gasteiger partial charge in [0, 0.05) is 19.5 Å². The number of benzene rings is 2. The molecule has 0 aromatic heterocycles. The highest BCUT2D eigenvalue weighted by Gasteiger charge is 2.07. The predicted molar refractivity (Wildman–Crippen MR) is 116 cm³/mol. The maximum absolute atomic E-state index is 13.6. The third-order valence-electron chi connectivity index (χ3n) is 3.82. The van der Waals surface area contributed by atoms with Crippen molar-refractivity contribution >= 4 is 29.9 Å². The minimum absolute atomic E-state index is 0. The first-order valence-electron chi connectivity index (χ1n) is 8.57. The molecule has 0 saturated heterocycles. The number of rotatable bonds is 7. The molecule has 0 aliphatic carbocycles. The predicted octanol–water partition coefficient (Wildman–Crippen LogP) is 3.41. The second-order valence-electron chi connectivity index (χ2n) is 6.00. The van der Waals surface area contributed by atoms with Crippen LogP contribution in [-0.4, -0.2) is 30.3 Å². The van der Waals surface area contributed by atoms with E-state index in [1.165, 1.54) is 6.07 Å². The van der Waals surface area contributed by atoms with E-state index in [1.54, 1.807) is 13.0 Å². The summed E-state index contributed by atoms with van der Waals surface area (Å²) in [5.41, 5.74) is 2.53. The summed E-state index contributed by atoms with van der Waals surface area (Å²) in [6.07, 6.45) is 0.0687. The molecule has 142 valence electrons. The van der Waals surface area contributed by atoms with E-state index in [9.17, 15) is 9.50 Å². The smallest absolute Gasteiger partial charge is 0.191 e. The molecule has 0 radical (unpaired) electrons. The van der Waals surface area contributed by atoms with Crippen molar-refractivity contribution in [2.75, 3.05) is 13.1 Å². The normalized spacial score (nSPS) is 12.2. The second-order valence-corrected chi connectivity index (χ2v) is 6.00. The van der Waals surface area contributed by atoms with Gasteiger partial charge in [0.2, 0.25) is 0 Å². The van der Waals surface area contributed by atoms with Gasteiger partial charge in [0.1, 0.15) is 5.82 Å². The molecule has 0 saturated carbocycles. The van der Waals surface area contributed by atoms with Crippen molar-refractivity contribution in [1.82, 2.24) is 10.6 Å². The Morgan fingerprint density at radius 3 is 2.50 bits per heavy atom. The lowest BCUT2D eigenvalue weighted by Gasteiger charge is -2.15. The van der Waals surface area contributed by atoms with Crippen LogP contribution in [0.4, 0.5) is 4.39 Å². The minimum Gasteiger partial charge on any atom is -0.391 e. The van der Waals surface area contributed by atoms with E-state index in [2.05, 4.69) is 15.6 Å². The van der Waals surface area contributed by atoms with Crippen molar-refractivity contribution in [2.45, 2.75) is 32.9 Å². The molecule has 0 aliphatic heterocycles. The van der Waals surface area contributed by atoms with Crippen LogP contribution in [0.5, 0.6) is 0 Å². The number of nitrogens with zero attached hydrogens (tertiary/aromatic N) is 1. The van der Waals surface area contributed by atoms with Crippen molar-refractivity contribution in [1.29, 1.82) is 0 Å². The van der Waals surface area contributed by atoms with E-state index in [0.29, 0.717) is 37.6 Å². The number of aliphatic hydroxyl groups is 1. The standard InChI is InChI=1S/C20H26FN3O.HI/c1-3-22-20(23-13-17-10-9-15(2)19(21)12-17)24-14-18(25)11-16-7-5-4-6-8-16;/h4-10,12,18,25H,3,11,13-14H2,1-2H3,(H2,22,23,24);1H. The molecule has 0 fully saturated rings. The molecular formula is C20H27FIN3O. The van der Waals surface area contributed by atoms with Gasteiger partial charge in [-0.15, -0.1) is 24.0 Å². The van der Waals surface area contributed by atoms with Gasteiger partial charge in [-0.05, 0) is 36.6 Å². The number of guanidine groups is 1. The highest BCUT2D eigenvalue weighted by Crippen LogP contribution is 2.10. The fraction of sp³-hybridized carbons (Fsp3) is 0.350. The molecule has 0 heterocycles. The zero-order valence-electron chi connectivity index (χ0n) is 15.2. The Morgan fingerprint density at radius 2 is 1.85 bits per heavy atom. The van der Waals surface area contributed by atoms with Crippen molar-refractivity contribution in [3.63, 3.8) is 0 Å². The van der Waals surface area contributed by atoms with Gasteiger partial charge in [-0.1, -0.05) is 42.5 Å². The molecule has 0 spiro atoms. The Bertz CT molecular complexity index is 695. The number of aliphatic imine (C=N–C) groups is 1. The third-order valence-corrected chi connectivity index (χ3v) is 3.82. The molecule has 2 rings (SSSR count). The zero-order chi connectivity index (χ0) is 18.1. The fourth-order valence-corrected chi connectivity index (χ4v) is 2.42. The lowest BCUT2D eigenvalue weighted by molar-refractivity contribution is 0.177. The molecule has 2 aromatic carbocycles. The van der Waals surface area contributed by atoms with E-state index >= 15 is 0 Å². The van der Waals surface area contributed by atoms with Crippen LogP contribution in [0.25, 0.3) is 0 Å². The zero-order valence-corrected chi connectivity index (χ0v) is 17.5. The Balaban J connectivity index is 0.00000338. The summed E-state index contributed by atoms with van der Waals surface area (Å²) in [5.74, 6) is 0.388. The molecule has 6 heteroatoms. The lowest BCUT2D eigenvalue weighted by Crippen LogP contribution is -2.41. The topological polar surface area (TPSA) is 56.7 Å². The van der Waals surface area contributed by atoms with Crippen LogP contribution in [0.2, 0.25) is 0 Å². The third kappa shape index (κ3) is 7.70. The van der Waals surface area contributed by atoms with Crippen LogP contribution in [0.1, 0.15) is 23.6 Å². The maximum Gasteiger partial charge on any atom is 0.191 e. The van der Waals surface area contributed by atoms with Crippen molar-refractivity contribution in [2.24, 2.45) is 4.99 Å². The molecule has 26 heavy (non-hydrogen) atoms. The number of aryl methyl sites for hydroxylation is 1. The molecule has 0 aliphatic rings. The highest BCUT2D eigenvalue weighted by molar-refractivity contribution is 14.0. The number of aliphatic hydroxyl groups excluding tert-OH is 1. The van der Waals surface area contributed by atoms with Gasteiger partial charge >= 0.3 is 0 Å². The number of hydrogen-bond donors (Lipinski definition) is 3. The van der Waals surface area contributed by atoms with Gasteiger partial charge in [-0.25, -0.2) is 9.38 Å². The van der Waals surface area contributed by atoms with Gasteiger partial charge in [-0.3, -0.25) is 0 Å². The molecule has 1 unspecified atom stereocenters. The van der Waals surface area contributed by atoms with Crippen molar-refractivity contribution in [3.05, 3.63) is 71.0 Å². The van der Waals surface area contributed by atoms with Crippen LogP contribution in [-0.2, 0) is 13.0 Å². The first-order chi connectivity index (χ1) is 12.1. The number of halogens is 2. The Hall–Kier alpha value is -1.67. The Morgan fingerprint density at radius 1 is 1.12 bits per heavy atom. The van der Waals surface area contributed by atoms with E-state index in [0.717, 1.165) is 11.1 Å². The molecule has 0 bridgehead atoms. The lowest BCUT2D eigenvalue weighted by atomic mass is 10.1. The largest absolute Gasteiger partial charge is 0.391 e. The van der Waals surface area contributed by atoms with Gasteiger partial charge in [-0.2, -0.15) is 0 Å². The average Bonchev–Trinajstić information content (AvgIpc) is 2.61. The molecule has 3 N–H and O–H groups in total. The molecule has 2 aromatic rings. The number of nitrogens with one attached hydrogen (secondary N) is 2. The van der Waals surface area contributed by atoms with Crippen molar-refractivity contribution in [3.8, 4) is 0 Å². The summed E-state index contributed by atoms with van der Waals surface area (Å²) >= 11 is 0. The van der Waals surface area contributed by atoms with E-state index in [4.69, 9.17) is 0 Å². The summed E-state index contributed by atoms with van der Waals surface area (Å²) in [4.78, 5) is 4.45. The summed E-state index contributed by atoms with van der Waals surface area (Å²) in [7, 11) is 0. The van der Waals surface area contributed by atoms with E-state index in [-0.39, 0.29) is 29.8 Å². The summed E-state index contributed by atoms with van der Waals surface area (Å²) in [6, 6.07) is 15.0. The monoisotopic (exact) mass is 471 g/mol. The molecule has 4 nitrogen and oxygen atoms in total. The van der Waals surface area contributed by atoms with Gasteiger partial charge in [0.25, 0.3) is 0 Å². The van der Waals surface area contributed by atoms with E-state index < -0.39 is 6.10 Å². The van der Waals surface area contributed by atoms with Crippen LogP contribution < -0.4 is 10.6 Å². The SMILES string of the molecule is CCNC(=NCc1ccc(C)c(F)c1)NCC(O)Cc1ccccc1.I. The fourth-order valence-electron chi connectivity index (χ4n) is 2.42. The summed E-state index contributed by atoms with van der Waals surface area (Å²) in [6.45, 7) is 5.19. The maximum atomic E-state index is 13.6. The van der Waals surface area contributed by atoms with Crippen LogP contribution in [0.3, 0.4) is 0 Å². The first kappa shape index (κ1) is 22.4. The highest BCUT2D eigenvalue weighted by atomic mass is 127. The average molecular weight is 471 g/mol. The van der Waals surface area contributed by atoms with Crippen LogP contribution in [0.15, 0.2) is 53.5 Å². The van der Waals surface area contributed by atoms with Crippen molar-refractivity contribution < 1.29 is 9.50 Å². The Labute approximate surface area is 172 Å². The molecule has 1 atom stereocenters. The molecular weight excluding hydrogens is 444 g/mol. The first-order valence-corrected chi connectivity index (χ1v) is 8.57. The second kappa shape index (κ2) is 11.9. The van der Waals surface area contributed by atoms with Gasteiger partial charge < -0.3 is 15.7 Å². The quantitative estimate of drug-likeness (QED) is 0.330. The summed E-state index contributed by atoms with van der Waals surface area (Å²) in [5, 5.41) is 16.4. The Kier molecular flexibility index (Phi) is 10.2. The van der Waals surface area contributed by atoms with Gasteiger partial charge in [0.15, 0.2) is 5.96 Å². The molecule has 0 amide bonds. The minimum atomic E-state index is -0.511. The van der Waals surface area contributed by atoms with E-state index in [1.807, 2.05) is 43.3 Å². The van der Waals surface area contributed by atoms with Gasteiger partial charge in [0.05, 0.1) is 12.6 Å². The van der Waals surface area contributed by atoms with Crippen LogP contribution in [0, 0.1) is 12.7 Å². The number of hydrogen-bond acceptors (Lipinski definition) is 2. The van der Waals surface area contributed by atoms with Crippen LogP contribution >= 0.6 is 24.0 Å².